The third-order valence-electron chi connectivity index (χ3n) is 16.1. The molecule has 4 heterocycles. The summed E-state index contributed by atoms with van der Waals surface area (Å²) in [5.74, 6) is -3.50. The minimum Gasteiger partial charge on any atom is -0.497 e. The van der Waals surface area contributed by atoms with Gasteiger partial charge in [0.2, 0.25) is 53.2 Å². The van der Waals surface area contributed by atoms with Crippen LogP contribution >= 0.6 is 23.5 Å². The third-order valence-corrected chi connectivity index (χ3v) is 18.2. The molecule has 0 saturated carbocycles. The van der Waals surface area contributed by atoms with Crippen LogP contribution in [0.3, 0.4) is 0 Å². The highest BCUT2D eigenvalue weighted by Crippen LogP contribution is 2.31. The number of amides is 9. The van der Waals surface area contributed by atoms with Crippen molar-refractivity contribution in [1.29, 1.82) is 0 Å². The van der Waals surface area contributed by atoms with E-state index in [0.717, 1.165) is 30.4 Å². The summed E-state index contributed by atoms with van der Waals surface area (Å²) in [7, 11) is 1.52. The molecule has 2 aromatic carbocycles. The molecule has 9 amide bonds. The second-order valence-corrected chi connectivity index (χ2v) is 25.4. The van der Waals surface area contributed by atoms with Gasteiger partial charge < -0.3 is 62.3 Å². The van der Waals surface area contributed by atoms with Crippen molar-refractivity contribution in [3.63, 3.8) is 0 Å². The zero-order chi connectivity index (χ0) is 63.2. The van der Waals surface area contributed by atoms with E-state index in [9.17, 15) is 52.6 Å². The van der Waals surface area contributed by atoms with E-state index in [1.165, 1.54) is 45.8 Å². The topological polar surface area (TPSA) is 298 Å². The second kappa shape index (κ2) is 34.0. The fraction of sp³-hybridized carbons (Fsp3) is 0.571. The molecule has 4 bridgehead atoms. The van der Waals surface area contributed by atoms with Crippen molar-refractivity contribution in [2.24, 2.45) is 0 Å². The van der Waals surface area contributed by atoms with Crippen LogP contribution in [0.4, 0.5) is 4.39 Å². The molecule has 0 radical (unpaired) electrons. The maximum atomic E-state index is 15.0. The Labute approximate surface area is 518 Å². The highest BCUT2D eigenvalue weighted by atomic mass is 32.2. The van der Waals surface area contributed by atoms with Crippen LogP contribution in [0.1, 0.15) is 145 Å². The van der Waals surface area contributed by atoms with Crippen molar-refractivity contribution in [2.75, 3.05) is 31.7 Å². The maximum absolute atomic E-state index is 15.0. The maximum Gasteiger partial charge on any atom is 0.246 e. The number of rotatable bonds is 7. The predicted octanol–water partition coefficient (Wildman–Crippen LogP) is 4.85. The molecular formula is C63H89FN10O11S2. The van der Waals surface area contributed by atoms with E-state index in [2.05, 4.69) is 53.6 Å². The van der Waals surface area contributed by atoms with Gasteiger partial charge >= 0.3 is 0 Å². The summed E-state index contributed by atoms with van der Waals surface area (Å²) in [5, 5.41) is 33.5. The predicted molar refractivity (Wildman–Crippen MR) is 335 cm³/mol. The summed E-state index contributed by atoms with van der Waals surface area (Å²) < 4.78 is 19.9. The summed E-state index contributed by atoms with van der Waals surface area (Å²) in [6.07, 6.45) is 7.05. The fourth-order valence-electron chi connectivity index (χ4n) is 11.0. The normalized spacial score (nSPS) is 26.5. The van der Waals surface area contributed by atoms with E-state index >= 15 is 0 Å². The van der Waals surface area contributed by atoms with Crippen LogP contribution in [0, 0.1) is 6.92 Å². The Balaban J connectivity index is 1.33. The zero-order valence-electron chi connectivity index (χ0n) is 51.2. The van der Waals surface area contributed by atoms with Gasteiger partial charge in [0.05, 0.1) is 19.0 Å². The first-order valence-electron chi connectivity index (χ1n) is 30.3. The number of ether oxygens (including phenoxy) is 1. The van der Waals surface area contributed by atoms with Gasteiger partial charge in [-0.1, -0.05) is 81.3 Å². The van der Waals surface area contributed by atoms with Gasteiger partial charge in [-0.2, -0.15) is 23.5 Å². The number of aliphatic hydroxyl groups is 1. The van der Waals surface area contributed by atoms with Crippen molar-refractivity contribution >= 4 is 82.8 Å². The number of nitrogens with one attached hydrogen (secondary N) is 9. The molecule has 21 nitrogen and oxygen atoms in total. The second-order valence-electron chi connectivity index (χ2n) is 23.2. The van der Waals surface area contributed by atoms with E-state index in [0.29, 0.717) is 96.2 Å². The molecule has 2 fully saturated rings. The first-order chi connectivity index (χ1) is 41.6. The molecule has 1 aromatic heterocycles. The lowest BCUT2D eigenvalue weighted by molar-refractivity contribution is -0.147. The molecule has 3 aliphatic rings. The number of hydrogen-bond acceptors (Lipinski definition) is 13. The molecule has 9 atom stereocenters. The number of hydrogen-bond donors (Lipinski definition) is 10. The quantitative estimate of drug-likeness (QED) is 0.152. The van der Waals surface area contributed by atoms with Gasteiger partial charge in [0.1, 0.15) is 53.6 Å². The van der Waals surface area contributed by atoms with Crippen molar-refractivity contribution in [3.05, 3.63) is 94.1 Å². The van der Waals surface area contributed by atoms with Gasteiger partial charge in [-0.3, -0.25) is 43.2 Å². The van der Waals surface area contributed by atoms with Crippen LogP contribution < -0.4 is 47.3 Å². The smallest absolute Gasteiger partial charge is 0.246 e. The average molecular weight is 1250 g/mol. The fourth-order valence-corrected chi connectivity index (χ4v) is 12.7. The largest absolute Gasteiger partial charge is 0.497 e. The first-order valence-corrected chi connectivity index (χ1v) is 32.6. The Kier molecular flexibility index (Phi) is 27.0. The Bertz CT molecular complexity index is 2900. The highest BCUT2D eigenvalue weighted by molar-refractivity contribution is 7.98. The standard InChI is InChI=1S/C63H89FN10O11S2/c1-38(64)31-48-39(2)66-35-46(48)34-51-59(81)70-50-20-14-12-10-8-9-11-13-19-49(57(79)71-51)69-56(78)41(4)68-55(77)40(3)67-53(76)25-29-86-36-44-17-15-18-45(32-44)37-87-30-27-65-62(84)63(6)26-16-28-74(63)61(83)52(33-43-21-23-47(85-7)24-22-43)72-60(82)54(42(5)75)73-58(50)80/h15,17-18,21-24,31-32,35,40-42,49-52,54,66,75H,8-14,16,19-20,25-30,33-34,36-37H2,1-7H3,(H,65,84)(H,67,76)(H,68,77)(H,69,78)(H,70,81)(H,71,79)(H,72,82)(H,73,80)/b38-31+/t40-,41+,42+,49-,50-,51-,52-,54-,63-/m0/s1. The number of fused-ring (bicyclic) bond motifs is 9. The highest BCUT2D eigenvalue weighted by Gasteiger charge is 2.48. The third kappa shape index (κ3) is 20.9. The Hall–Kier alpha value is -6.92. The molecule has 0 spiro atoms. The van der Waals surface area contributed by atoms with Crippen LogP contribution in [0.15, 0.2) is 60.6 Å². The van der Waals surface area contributed by atoms with Crippen molar-refractivity contribution in [3.8, 4) is 5.75 Å². The van der Waals surface area contributed by atoms with Gasteiger partial charge in [0.25, 0.3) is 0 Å². The molecule has 24 heteroatoms. The average Bonchev–Trinajstić information content (AvgIpc) is 1.86. The lowest BCUT2D eigenvalue weighted by Gasteiger charge is -2.37. The van der Waals surface area contributed by atoms with Gasteiger partial charge in [-0.15, -0.1) is 0 Å². The number of thioether (sulfide) groups is 2. The molecule has 476 valence electrons. The van der Waals surface area contributed by atoms with Crippen molar-refractivity contribution in [2.45, 2.75) is 197 Å². The number of aryl methyl sites for hydroxylation is 1. The van der Waals surface area contributed by atoms with Crippen LogP contribution in [0.5, 0.6) is 5.75 Å². The molecule has 3 aromatic rings. The summed E-state index contributed by atoms with van der Waals surface area (Å²) >= 11 is 3.20. The minimum absolute atomic E-state index is 0.0365. The number of benzene rings is 2. The van der Waals surface area contributed by atoms with E-state index in [1.807, 2.05) is 18.2 Å². The number of aliphatic hydroxyl groups excluding tert-OH is 1. The molecular weight excluding hydrogens is 1160 g/mol. The number of halogens is 1. The molecule has 0 aliphatic carbocycles. The van der Waals surface area contributed by atoms with Crippen LogP contribution in [-0.2, 0) is 67.5 Å². The van der Waals surface area contributed by atoms with Gasteiger partial charge in [-0.05, 0) is 108 Å². The summed E-state index contributed by atoms with van der Waals surface area (Å²) in [6, 6.07) is 5.92. The van der Waals surface area contributed by atoms with Crippen LogP contribution in [-0.4, -0.2) is 154 Å². The molecule has 3 aliphatic heterocycles. The number of aromatic nitrogens is 1. The number of allylic oxidation sites excluding steroid dienone is 1. The molecule has 6 rings (SSSR count). The number of H-pyrrole nitrogens is 1. The lowest BCUT2D eigenvalue weighted by atomic mass is 9.95. The molecule has 87 heavy (non-hydrogen) atoms. The summed E-state index contributed by atoms with van der Waals surface area (Å²) in [6.45, 7) is 9.48. The number of nitrogens with zero attached hydrogens (tertiary/aromatic N) is 1. The number of aromatic amines is 1. The Morgan fingerprint density at radius 3 is 1.94 bits per heavy atom. The van der Waals surface area contributed by atoms with Gasteiger partial charge in [0.15, 0.2) is 0 Å². The van der Waals surface area contributed by atoms with Crippen LogP contribution in [0.2, 0.25) is 0 Å². The van der Waals surface area contributed by atoms with Gasteiger partial charge in [-0.25, -0.2) is 4.39 Å². The summed E-state index contributed by atoms with van der Waals surface area (Å²) in [4.78, 5) is 133. The molecule has 0 unspecified atom stereocenters. The van der Waals surface area contributed by atoms with E-state index in [-0.39, 0.29) is 50.5 Å². The number of carbonyl (C=O) groups excluding carboxylic acids is 9. The summed E-state index contributed by atoms with van der Waals surface area (Å²) in [5.41, 5.74) is 2.95. The zero-order valence-corrected chi connectivity index (χ0v) is 52.8. The SMILES string of the molecule is COc1ccc(C[C@@H]2NC(=O)[C@H]([C@@H](C)O)NC(=O)[C@@H]3CCCCCCCCC[C@H](NC(=O)[C@@H](C)NC(=O)[C@H](C)NC(=O)CCSCc4cccc(c4)CSCCNC(=O)[C@]4(C)CCCN4C2=O)C(=O)N[C@@H](Cc2c[nH]c(C)c2/C=C(\C)F)C(=O)N3)cc1. The first kappa shape index (κ1) is 69.2. The van der Waals surface area contributed by atoms with Crippen LogP contribution in [0.25, 0.3) is 6.08 Å². The molecule has 2 saturated heterocycles. The monoisotopic (exact) mass is 1240 g/mol. The van der Waals surface area contributed by atoms with E-state index in [4.69, 9.17) is 4.74 Å². The van der Waals surface area contributed by atoms with Gasteiger partial charge in [0, 0.05) is 72.8 Å². The Morgan fingerprint density at radius 2 is 1.31 bits per heavy atom. The lowest BCUT2D eigenvalue weighted by Crippen LogP contribution is -2.63. The Morgan fingerprint density at radius 1 is 0.724 bits per heavy atom. The van der Waals surface area contributed by atoms with E-state index < -0.39 is 101 Å². The molecule has 10 N–H and O–H groups in total. The minimum atomic E-state index is -1.66. The van der Waals surface area contributed by atoms with Crippen molar-refractivity contribution in [1.82, 2.24) is 52.4 Å². The number of methoxy groups -OCH3 is 1. The number of carbonyl (C=O) groups is 9. The van der Waals surface area contributed by atoms with E-state index in [1.54, 1.807) is 67.8 Å². The van der Waals surface area contributed by atoms with Crippen molar-refractivity contribution < 1.29 is 57.4 Å².